The van der Waals surface area contributed by atoms with Crippen LogP contribution in [0.1, 0.15) is 26.2 Å². The molecule has 0 aliphatic rings. The molecule has 14 nitrogen and oxygen atoms in total. The van der Waals surface area contributed by atoms with E-state index in [9.17, 15) is 33.9 Å². The summed E-state index contributed by atoms with van der Waals surface area (Å²) in [5, 5.41) is 33.1. The maximum Gasteiger partial charge on any atom is 0.328 e. The normalized spacial score (nSPS) is 14.6. The lowest BCUT2D eigenvalue weighted by atomic mass is 10.1. The topological polar surface area (TPSA) is 251 Å². The van der Waals surface area contributed by atoms with Gasteiger partial charge in [-0.15, -0.1) is 0 Å². The van der Waals surface area contributed by atoms with Crippen LogP contribution in [-0.4, -0.2) is 81.7 Å². The molecule has 0 aromatic rings. The number of carbonyl (C=O) groups excluding carboxylic acids is 4. The van der Waals surface area contributed by atoms with Gasteiger partial charge in [-0.1, -0.05) is 0 Å². The summed E-state index contributed by atoms with van der Waals surface area (Å²) in [5.74, 6) is -6.42. The average Bonchev–Trinajstić information content (AvgIpc) is 2.59. The van der Waals surface area contributed by atoms with Crippen LogP contribution in [0.4, 0.5) is 0 Å². The largest absolute Gasteiger partial charge is 0.481 e. The number of aliphatic hydroxyl groups is 1. The molecule has 10 N–H and O–H groups in total. The number of carbonyl (C=O) groups is 6. The van der Waals surface area contributed by atoms with Gasteiger partial charge in [0.05, 0.1) is 25.1 Å². The molecule has 0 aromatic carbocycles. The molecule has 0 bridgehead atoms. The van der Waals surface area contributed by atoms with Gasteiger partial charge in [0.1, 0.15) is 6.04 Å². The number of nitrogens with one attached hydrogen (secondary N) is 3. The smallest absolute Gasteiger partial charge is 0.328 e. The lowest BCUT2D eigenvalue weighted by molar-refractivity contribution is -0.144. The van der Waals surface area contributed by atoms with Crippen LogP contribution in [0.3, 0.4) is 0 Å². The zero-order chi connectivity index (χ0) is 22.7. The Bertz CT molecular complexity index is 652. The molecule has 4 unspecified atom stereocenters. The quantitative estimate of drug-likeness (QED) is 0.142. The number of aliphatic hydroxyl groups excluding tert-OH is 1. The molecule has 0 saturated carbocycles. The van der Waals surface area contributed by atoms with Gasteiger partial charge < -0.3 is 42.7 Å². The van der Waals surface area contributed by atoms with Crippen LogP contribution in [0.2, 0.25) is 0 Å². The number of carboxylic acids is 2. The first-order valence-corrected chi connectivity index (χ1v) is 8.39. The van der Waals surface area contributed by atoms with Gasteiger partial charge in [0.2, 0.25) is 23.6 Å². The van der Waals surface area contributed by atoms with Gasteiger partial charge in [0, 0.05) is 6.42 Å². The van der Waals surface area contributed by atoms with Crippen molar-refractivity contribution in [2.45, 2.75) is 50.4 Å². The van der Waals surface area contributed by atoms with Crippen molar-refractivity contribution in [2.24, 2.45) is 11.5 Å². The second kappa shape index (κ2) is 12.2. The zero-order valence-electron chi connectivity index (χ0n) is 15.6. The number of nitrogens with two attached hydrogens (primary N) is 2. The van der Waals surface area contributed by atoms with E-state index in [1.807, 2.05) is 5.32 Å². The van der Waals surface area contributed by atoms with Gasteiger partial charge in [-0.25, -0.2) is 4.79 Å². The van der Waals surface area contributed by atoms with Crippen molar-refractivity contribution in [3.63, 3.8) is 0 Å². The second-order valence-corrected chi connectivity index (χ2v) is 6.11. The first-order valence-electron chi connectivity index (χ1n) is 8.39. The first kappa shape index (κ1) is 25.7. The summed E-state index contributed by atoms with van der Waals surface area (Å²) in [4.78, 5) is 68.3. The fourth-order valence-electron chi connectivity index (χ4n) is 2.02. The van der Waals surface area contributed by atoms with Crippen LogP contribution in [-0.2, 0) is 28.8 Å². The molecule has 29 heavy (non-hydrogen) atoms. The zero-order valence-corrected chi connectivity index (χ0v) is 15.6. The van der Waals surface area contributed by atoms with Crippen molar-refractivity contribution < 1.29 is 44.1 Å². The van der Waals surface area contributed by atoms with Crippen molar-refractivity contribution in [1.82, 2.24) is 16.0 Å². The van der Waals surface area contributed by atoms with Gasteiger partial charge >= 0.3 is 11.9 Å². The lowest BCUT2D eigenvalue weighted by Crippen LogP contribution is -2.54. The van der Waals surface area contributed by atoms with Crippen LogP contribution >= 0.6 is 0 Å². The van der Waals surface area contributed by atoms with Gasteiger partial charge in [-0.3, -0.25) is 24.0 Å². The molecule has 4 amide bonds. The van der Waals surface area contributed by atoms with Crippen molar-refractivity contribution in [3.8, 4) is 0 Å². The number of rotatable bonds is 13. The lowest BCUT2D eigenvalue weighted by Gasteiger charge is -2.20. The molecular weight excluding hydrogens is 394 g/mol. The van der Waals surface area contributed by atoms with E-state index in [1.165, 1.54) is 0 Å². The molecule has 0 saturated heterocycles. The predicted molar refractivity (Wildman–Crippen MR) is 94.8 cm³/mol. The highest BCUT2D eigenvalue weighted by Gasteiger charge is 2.27. The minimum Gasteiger partial charge on any atom is -0.481 e. The number of aliphatic carboxylic acids is 2. The molecule has 0 aliphatic heterocycles. The fraction of sp³-hybridized carbons (Fsp3) is 0.600. The van der Waals surface area contributed by atoms with E-state index in [1.54, 1.807) is 0 Å². The van der Waals surface area contributed by atoms with Crippen molar-refractivity contribution in [2.75, 3.05) is 6.54 Å². The van der Waals surface area contributed by atoms with E-state index in [0.29, 0.717) is 0 Å². The maximum absolute atomic E-state index is 12.2. The van der Waals surface area contributed by atoms with E-state index >= 15 is 0 Å². The van der Waals surface area contributed by atoms with Crippen molar-refractivity contribution >= 4 is 35.6 Å². The third-order valence-corrected chi connectivity index (χ3v) is 3.53. The minimum atomic E-state index is -1.60. The Kier molecular flexibility index (Phi) is 10.9. The maximum atomic E-state index is 12.2. The van der Waals surface area contributed by atoms with E-state index in [2.05, 4.69) is 10.6 Å². The summed E-state index contributed by atoms with van der Waals surface area (Å²) in [6.45, 7) is 0.451. The molecule has 4 atom stereocenters. The Morgan fingerprint density at radius 1 is 1.00 bits per heavy atom. The van der Waals surface area contributed by atoms with Crippen LogP contribution in [0.25, 0.3) is 0 Å². The van der Waals surface area contributed by atoms with E-state index in [0.717, 1.165) is 6.92 Å². The molecule has 0 spiro atoms. The Hall–Kier alpha value is -3.26. The van der Waals surface area contributed by atoms with Crippen molar-refractivity contribution in [1.29, 1.82) is 0 Å². The first-order chi connectivity index (χ1) is 13.3. The van der Waals surface area contributed by atoms with E-state index < -0.39 is 72.8 Å². The van der Waals surface area contributed by atoms with E-state index in [4.69, 9.17) is 21.7 Å². The highest BCUT2D eigenvalue weighted by Crippen LogP contribution is 2.00. The Labute approximate surface area is 165 Å². The van der Waals surface area contributed by atoms with Crippen molar-refractivity contribution in [3.05, 3.63) is 0 Å². The van der Waals surface area contributed by atoms with Crippen LogP contribution in [0.5, 0.6) is 0 Å². The standard InChI is InChI=1S/C15H25N5O9/c1-6(21)12(15(28)29)20-10(23)5-18-14(27)8(2-3-9(17)22)19-13(26)7(16)4-11(24)25/h6-8,12,21H,2-5,16H2,1H3,(H2,17,22)(H,18,27)(H,19,26)(H,20,23)(H,24,25)(H,28,29). The van der Waals surface area contributed by atoms with Crippen LogP contribution in [0, 0.1) is 0 Å². The number of carboxylic acid groups (broad SMARTS) is 2. The molecule has 0 heterocycles. The molecular formula is C15H25N5O9. The Morgan fingerprint density at radius 3 is 2.03 bits per heavy atom. The summed E-state index contributed by atoms with van der Waals surface area (Å²) in [5.41, 5.74) is 10.4. The summed E-state index contributed by atoms with van der Waals surface area (Å²) in [6.07, 6.45) is -2.65. The summed E-state index contributed by atoms with van der Waals surface area (Å²) >= 11 is 0. The Balaban J connectivity index is 4.92. The average molecular weight is 419 g/mol. The summed E-state index contributed by atoms with van der Waals surface area (Å²) < 4.78 is 0. The molecule has 0 radical (unpaired) electrons. The SMILES string of the molecule is CC(O)C(NC(=O)CNC(=O)C(CCC(N)=O)NC(=O)C(N)CC(=O)O)C(=O)O. The fourth-order valence-corrected chi connectivity index (χ4v) is 2.02. The second-order valence-electron chi connectivity index (χ2n) is 6.11. The molecule has 0 aliphatic carbocycles. The summed E-state index contributed by atoms with van der Waals surface area (Å²) in [6, 6.07) is -4.41. The van der Waals surface area contributed by atoms with Gasteiger partial charge in [-0.2, -0.15) is 0 Å². The molecule has 14 heteroatoms. The predicted octanol–water partition coefficient (Wildman–Crippen LogP) is -4.39. The minimum absolute atomic E-state index is 0.250. The Morgan fingerprint density at radius 2 is 1.59 bits per heavy atom. The van der Waals surface area contributed by atoms with Crippen LogP contribution in [0.15, 0.2) is 0 Å². The number of amides is 4. The van der Waals surface area contributed by atoms with E-state index in [-0.39, 0.29) is 12.8 Å². The van der Waals surface area contributed by atoms with Gasteiger partial charge in [0.25, 0.3) is 0 Å². The molecule has 0 rings (SSSR count). The highest BCUT2D eigenvalue weighted by atomic mass is 16.4. The summed E-state index contributed by atoms with van der Waals surface area (Å²) in [7, 11) is 0. The number of hydrogen-bond acceptors (Lipinski definition) is 8. The molecule has 164 valence electrons. The monoisotopic (exact) mass is 419 g/mol. The van der Waals surface area contributed by atoms with Gasteiger partial charge in [0.15, 0.2) is 6.04 Å². The van der Waals surface area contributed by atoms with Gasteiger partial charge in [-0.05, 0) is 13.3 Å². The molecule has 0 fully saturated rings. The third kappa shape index (κ3) is 10.6. The highest BCUT2D eigenvalue weighted by molar-refractivity contribution is 5.93. The number of primary amides is 1. The third-order valence-electron chi connectivity index (χ3n) is 3.53. The van der Waals surface area contributed by atoms with Crippen LogP contribution < -0.4 is 27.4 Å². The molecule has 0 aromatic heterocycles. The number of hydrogen-bond donors (Lipinski definition) is 8.